The Balaban J connectivity index is 1.97. The van der Waals surface area contributed by atoms with Crippen molar-refractivity contribution in [3.8, 4) is 0 Å². The number of hydrogen-bond donors (Lipinski definition) is 1. The summed E-state index contributed by atoms with van der Waals surface area (Å²) in [4.78, 5) is 0. The standard InChI is InChI=1S/C24H28NOPS/c1-24(2,3)28(26)25-23(20-13-7-4-8-14-20)19-27(21-15-9-5-10-16-21)22-17-11-6-12-18-22/h4-18,23,25H,19H2,1-3H3/t23-,28?/m0/s1. The van der Waals surface area contributed by atoms with Crippen LogP contribution in [0.5, 0.6) is 0 Å². The zero-order valence-electron chi connectivity index (χ0n) is 16.7. The summed E-state index contributed by atoms with van der Waals surface area (Å²) in [5.41, 5.74) is 1.18. The quantitative estimate of drug-likeness (QED) is 0.552. The van der Waals surface area contributed by atoms with E-state index >= 15 is 0 Å². The van der Waals surface area contributed by atoms with Crippen molar-refractivity contribution < 1.29 is 4.21 Å². The maximum Gasteiger partial charge on any atom is 0.0976 e. The fraction of sp³-hybridized carbons (Fsp3) is 0.250. The molecule has 0 fully saturated rings. The molecular weight excluding hydrogens is 381 g/mol. The Morgan fingerprint density at radius 3 is 1.64 bits per heavy atom. The molecule has 0 saturated heterocycles. The Hall–Kier alpha value is -1.80. The first-order chi connectivity index (χ1) is 13.4. The summed E-state index contributed by atoms with van der Waals surface area (Å²) in [7, 11) is -1.71. The van der Waals surface area contributed by atoms with Gasteiger partial charge in [0.15, 0.2) is 0 Å². The molecule has 1 unspecified atom stereocenters. The van der Waals surface area contributed by atoms with Gasteiger partial charge < -0.3 is 0 Å². The smallest absolute Gasteiger partial charge is 0.0976 e. The summed E-state index contributed by atoms with van der Waals surface area (Å²) in [5.74, 6) is 0. The number of nitrogens with one attached hydrogen (secondary N) is 1. The average molecular weight is 410 g/mol. The predicted molar refractivity (Wildman–Crippen MR) is 124 cm³/mol. The normalized spacial score (nSPS) is 14.0. The molecule has 0 radical (unpaired) electrons. The number of hydrogen-bond acceptors (Lipinski definition) is 1. The van der Waals surface area contributed by atoms with Crippen LogP contribution < -0.4 is 15.3 Å². The highest BCUT2D eigenvalue weighted by Crippen LogP contribution is 2.38. The van der Waals surface area contributed by atoms with E-state index in [1.54, 1.807) is 0 Å². The van der Waals surface area contributed by atoms with Crippen molar-refractivity contribution in [2.75, 3.05) is 6.16 Å². The van der Waals surface area contributed by atoms with Gasteiger partial charge in [-0.25, -0.2) is 8.93 Å². The van der Waals surface area contributed by atoms with Crippen molar-refractivity contribution in [3.05, 3.63) is 96.6 Å². The highest BCUT2D eigenvalue weighted by atomic mass is 32.2. The first-order valence-electron chi connectivity index (χ1n) is 9.56. The Labute approximate surface area is 172 Å². The lowest BCUT2D eigenvalue weighted by molar-refractivity contribution is 0.618. The molecule has 3 rings (SSSR count). The fourth-order valence-corrected chi connectivity index (χ4v) is 6.37. The van der Waals surface area contributed by atoms with Gasteiger partial charge in [0.2, 0.25) is 0 Å². The van der Waals surface area contributed by atoms with E-state index in [4.69, 9.17) is 0 Å². The lowest BCUT2D eigenvalue weighted by Crippen LogP contribution is -2.37. The van der Waals surface area contributed by atoms with Crippen molar-refractivity contribution in [2.45, 2.75) is 31.6 Å². The molecule has 2 atom stereocenters. The molecule has 28 heavy (non-hydrogen) atoms. The molecule has 0 aliphatic heterocycles. The van der Waals surface area contributed by atoms with Gasteiger partial charge in [0.05, 0.1) is 15.7 Å². The third-order valence-corrected chi connectivity index (χ3v) is 8.69. The first-order valence-corrected chi connectivity index (χ1v) is 12.2. The Morgan fingerprint density at radius 1 is 0.786 bits per heavy atom. The van der Waals surface area contributed by atoms with Crippen LogP contribution in [0.4, 0.5) is 0 Å². The summed E-state index contributed by atoms with van der Waals surface area (Å²) in [6.45, 7) is 6.03. The summed E-state index contributed by atoms with van der Waals surface area (Å²) >= 11 is 0. The van der Waals surface area contributed by atoms with Gasteiger partial charge in [-0.3, -0.25) is 0 Å². The second-order valence-corrected chi connectivity index (χ2v) is 12.0. The molecule has 146 valence electrons. The maximum atomic E-state index is 12.9. The van der Waals surface area contributed by atoms with Gasteiger partial charge in [0.25, 0.3) is 0 Å². The van der Waals surface area contributed by atoms with Crippen molar-refractivity contribution >= 4 is 29.5 Å². The second kappa shape index (κ2) is 9.60. The van der Waals surface area contributed by atoms with Crippen molar-refractivity contribution in [1.29, 1.82) is 0 Å². The molecule has 0 bridgehead atoms. The van der Waals surface area contributed by atoms with Crippen molar-refractivity contribution in [2.24, 2.45) is 0 Å². The molecule has 0 amide bonds. The average Bonchev–Trinajstić information content (AvgIpc) is 2.72. The Bertz CT molecular complexity index is 839. The van der Waals surface area contributed by atoms with Crippen LogP contribution in [0.2, 0.25) is 0 Å². The minimum atomic E-state index is -1.14. The molecule has 1 N–H and O–H groups in total. The minimum absolute atomic E-state index is 0.0211. The highest BCUT2D eigenvalue weighted by Gasteiger charge is 2.26. The monoisotopic (exact) mass is 409 g/mol. The molecule has 4 heteroatoms. The predicted octanol–water partition coefficient (Wildman–Crippen LogP) is 4.91. The molecule has 3 aromatic rings. The molecule has 2 nitrogen and oxygen atoms in total. The lowest BCUT2D eigenvalue weighted by atomic mass is 10.1. The number of benzene rings is 3. The van der Waals surface area contributed by atoms with Crippen LogP contribution >= 0.6 is 7.92 Å². The molecule has 0 aromatic heterocycles. The van der Waals surface area contributed by atoms with Crippen LogP contribution in [0.15, 0.2) is 91.0 Å². The van der Waals surface area contributed by atoms with Crippen LogP contribution in [0.25, 0.3) is 0 Å². The van der Waals surface area contributed by atoms with E-state index in [-0.39, 0.29) is 10.8 Å². The maximum absolute atomic E-state index is 12.9. The molecule has 0 spiro atoms. The summed E-state index contributed by atoms with van der Waals surface area (Å²) < 4.78 is 16.0. The van der Waals surface area contributed by atoms with Crippen molar-refractivity contribution in [3.63, 3.8) is 0 Å². The molecular formula is C24H28NOPS. The third kappa shape index (κ3) is 5.61. The molecule has 3 aromatic carbocycles. The molecule has 0 heterocycles. The van der Waals surface area contributed by atoms with Gasteiger partial charge >= 0.3 is 0 Å². The van der Waals surface area contributed by atoms with Gasteiger partial charge in [0.1, 0.15) is 0 Å². The van der Waals surface area contributed by atoms with Crippen LogP contribution in [0, 0.1) is 0 Å². The van der Waals surface area contributed by atoms with Gasteiger partial charge in [-0.05, 0) is 51.0 Å². The summed E-state index contributed by atoms with van der Waals surface area (Å²) in [6.07, 6.45) is 0.898. The fourth-order valence-electron chi connectivity index (χ4n) is 2.96. The first kappa shape index (κ1) is 20.9. The second-order valence-electron chi connectivity index (χ2n) is 7.74. The minimum Gasteiger partial charge on any atom is -0.242 e. The molecule has 0 aliphatic carbocycles. The molecule has 0 aliphatic rings. The van der Waals surface area contributed by atoms with E-state index in [9.17, 15) is 4.21 Å². The largest absolute Gasteiger partial charge is 0.242 e. The number of rotatable bonds is 7. The van der Waals surface area contributed by atoms with Gasteiger partial charge in [-0.15, -0.1) is 0 Å². The van der Waals surface area contributed by atoms with E-state index in [2.05, 4.69) is 89.7 Å². The lowest BCUT2D eigenvalue weighted by Gasteiger charge is -2.28. The molecule has 0 saturated carbocycles. The van der Waals surface area contributed by atoms with E-state index in [0.717, 1.165) is 6.16 Å². The Kier molecular flexibility index (Phi) is 7.18. The van der Waals surface area contributed by atoms with Crippen LogP contribution in [-0.4, -0.2) is 15.1 Å². The SMILES string of the molecule is CC(C)(C)S(=O)N[C@@H](CP(c1ccccc1)c1ccccc1)c1ccccc1. The zero-order valence-corrected chi connectivity index (χ0v) is 18.4. The highest BCUT2D eigenvalue weighted by molar-refractivity contribution is 7.84. The zero-order chi connectivity index (χ0) is 20.0. The van der Waals surface area contributed by atoms with Crippen LogP contribution in [0.1, 0.15) is 32.4 Å². The topological polar surface area (TPSA) is 29.1 Å². The van der Waals surface area contributed by atoms with E-state index < -0.39 is 18.9 Å². The third-order valence-electron chi connectivity index (χ3n) is 4.51. The van der Waals surface area contributed by atoms with E-state index in [1.165, 1.54) is 16.2 Å². The van der Waals surface area contributed by atoms with Crippen LogP contribution in [-0.2, 0) is 11.0 Å². The van der Waals surface area contributed by atoms with E-state index in [1.807, 2.05) is 26.8 Å². The van der Waals surface area contributed by atoms with Gasteiger partial charge in [-0.2, -0.15) is 0 Å². The Morgan fingerprint density at radius 2 is 1.21 bits per heavy atom. The summed E-state index contributed by atoms with van der Waals surface area (Å²) in [6, 6.07) is 31.8. The van der Waals surface area contributed by atoms with Gasteiger partial charge in [0, 0.05) is 6.04 Å². The summed E-state index contributed by atoms with van der Waals surface area (Å²) in [5, 5.41) is 2.68. The van der Waals surface area contributed by atoms with E-state index in [0.29, 0.717) is 0 Å². The van der Waals surface area contributed by atoms with Crippen molar-refractivity contribution in [1.82, 2.24) is 4.72 Å². The van der Waals surface area contributed by atoms with Gasteiger partial charge in [-0.1, -0.05) is 91.0 Å². The van der Waals surface area contributed by atoms with Crippen LogP contribution in [0.3, 0.4) is 0 Å².